The number of rotatable bonds is 4. The van der Waals surface area contributed by atoms with Gasteiger partial charge in [-0.05, 0) is 31.4 Å². The summed E-state index contributed by atoms with van der Waals surface area (Å²) in [6.07, 6.45) is 1.56. The highest BCUT2D eigenvalue weighted by Gasteiger charge is 2.15. The second-order valence-electron chi connectivity index (χ2n) is 4.87. The number of hydrogen-bond acceptors (Lipinski definition) is 5. The molecule has 0 amide bonds. The van der Waals surface area contributed by atoms with Crippen LogP contribution in [0.3, 0.4) is 0 Å². The van der Waals surface area contributed by atoms with E-state index in [-0.39, 0.29) is 5.78 Å². The van der Waals surface area contributed by atoms with Gasteiger partial charge in [0.2, 0.25) is 0 Å². The minimum atomic E-state index is 0.142. The highest BCUT2D eigenvalue weighted by molar-refractivity contribution is 8.00. The quantitative estimate of drug-likeness (QED) is 0.419. The van der Waals surface area contributed by atoms with Gasteiger partial charge < -0.3 is 4.57 Å². The summed E-state index contributed by atoms with van der Waals surface area (Å²) in [5.74, 6) is 0.537. The van der Waals surface area contributed by atoms with Crippen LogP contribution in [0.25, 0.3) is 10.2 Å². The van der Waals surface area contributed by atoms with Gasteiger partial charge in [0, 0.05) is 29.4 Å². The number of thioether (sulfide) groups is 1. The molecule has 0 aliphatic heterocycles. The Bertz CT molecular complexity index is 820. The molecular formula is C15H15N3OS2. The Kier molecular flexibility index (Phi) is 3.82. The van der Waals surface area contributed by atoms with Crippen molar-refractivity contribution in [3.63, 3.8) is 0 Å². The van der Waals surface area contributed by atoms with Crippen LogP contribution in [0.15, 0.2) is 28.9 Å². The summed E-state index contributed by atoms with van der Waals surface area (Å²) in [6, 6.07) is 3.96. The fraction of sp³-hybridized carbons (Fsp3) is 0.267. The minimum absolute atomic E-state index is 0.142. The Morgan fingerprint density at radius 3 is 2.90 bits per heavy atom. The molecule has 3 heterocycles. The molecule has 0 radical (unpaired) electrons. The molecule has 0 spiro atoms. The fourth-order valence-corrected chi connectivity index (χ4v) is 3.89. The zero-order valence-corrected chi connectivity index (χ0v) is 13.7. The van der Waals surface area contributed by atoms with Gasteiger partial charge in [-0.3, -0.25) is 4.79 Å². The van der Waals surface area contributed by atoms with E-state index in [0.717, 1.165) is 32.2 Å². The van der Waals surface area contributed by atoms with Gasteiger partial charge in [-0.15, -0.1) is 11.3 Å². The minimum Gasteiger partial charge on any atom is -0.351 e. The maximum atomic E-state index is 12.4. The molecule has 0 aromatic carbocycles. The zero-order chi connectivity index (χ0) is 15.0. The van der Waals surface area contributed by atoms with Gasteiger partial charge >= 0.3 is 0 Å². The average molecular weight is 317 g/mol. The zero-order valence-electron chi connectivity index (χ0n) is 12.1. The smallest absolute Gasteiger partial charge is 0.174 e. The van der Waals surface area contributed by atoms with Crippen molar-refractivity contribution in [2.75, 3.05) is 5.75 Å². The standard InChI is InChI=1S/C15H15N3OS2/c1-9-6-12(10(2)18(9)3)13(19)7-21-15-11-4-5-20-14(11)16-8-17-15/h4-6,8H,7H2,1-3H3. The number of Topliss-reactive ketones (excluding diaryl/α,β-unsaturated/α-hetero) is 1. The third-order valence-corrected chi connectivity index (χ3v) is 5.47. The lowest BCUT2D eigenvalue weighted by Gasteiger charge is -2.03. The third-order valence-electron chi connectivity index (χ3n) is 3.64. The molecule has 0 aliphatic rings. The van der Waals surface area contributed by atoms with Crippen LogP contribution in [0.1, 0.15) is 21.7 Å². The molecular weight excluding hydrogens is 302 g/mol. The number of fused-ring (bicyclic) bond motifs is 1. The monoisotopic (exact) mass is 317 g/mol. The van der Waals surface area contributed by atoms with Crippen molar-refractivity contribution >= 4 is 39.1 Å². The molecule has 0 fully saturated rings. The number of nitrogens with zero attached hydrogens (tertiary/aromatic N) is 3. The molecule has 0 saturated carbocycles. The molecule has 0 unspecified atom stereocenters. The van der Waals surface area contributed by atoms with Gasteiger partial charge in [0.1, 0.15) is 16.2 Å². The SMILES string of the molecule is Cc1cc(C(=O)CSc2ncnc3sccc23)c(C)n1C. The molecule has 3 aromatic rings. The van der Waals surface area contributed by atoms with Crippen molar-refractivity contribution in [2.24, 2.45) is 7.05 Å². The highest BCUT2D eigenvalue weighted by atomic mass is 32.2. The summed E-state index contributed by atoms with van der Waals surface area (Å²) >= 11 is 3.07. The van der Waals surface area contributed by atoms with E-state index in [2.05, 4.69) is 9.97 Å². The van der Waals surface area contributed by atoms with Gasteiger partial charge in [-0.2, -0.15) is 0 Å². The van der Waals surface area contributed by atoms with Crippen molar-refractivity contribution in [1.29, 1.82) is 0 Å². The Labute approximate surface area is 131 Å². The van der Waals surface area contributed by atoms with Crippen molar-refractivity contribution in [2.45, 2.75) is 18.9 Å². The fourth-order valence-electron chi connectivity index (χ4n) is 2.23. The summed E-state index contributed by atoms with van der Waals surface area (Å²) in [4.78, 5) is 21.9. The lowest BCUT2D eigenvalue weighted by Crippen LogP contribution is -2.04. The molecule has 0 atom stereocenters. The van der Waals surface area contributed by atoms with E-state index in [1.807, 2.05) is 43.0 Å². The van der Waals surface area contributed by atoms with E-state index < -0.39 is 0 Å². The first-order chi connectivity index (χ1) is 10.1. The van der Waals surface area contributed by atoms with Crippen LogP contribution in [-0.2, 0) is 7.05 Å². The second-order valence-corrected chi connectivity index (χ2v) is 6.73. The van der Waals surface area contributed by atoms with E-state index in [1.165, 1.54) is 11.8 Å². The van der Waals surface area contributed by atoms with Crippen LogP contribution in [0.4, 0.5) is 0 Å². The average Bonchev–Trinajstić information content (AvgIpc) is 3.05. The van der Waals surface area contributed by atoms with E-state index in [9.17, 15) is 4.79 Å². The van der Waals surface area contributed by atoms with Crippen LogP contribution in [-0.4, -0.2) is 26.1 Å². The second kappa shape index (κ2) is 5.61. The van der Waals surface area contributed by atoms with Gasteiger partial charge in [0.05, 0.1) is 5.75 Å². The van der Waals surface area contributed by atoms with Gasteiger partial charge in [0.25, 0.3) is 0 Å². The van der Waals surface area contributed by atoms with Crippen molar-refractivity contribution in [3.05, 3.63) is 40.8 Å². The number of aromatic nitrogens is 3. The maximum absolute atomic E-state index is 12.4. The molecule has 3 rings (SSSR count). The number of thiophene rings is 1. The Hall–Kier alpha value is -1.66. The predicted octanol–water partition coefficient (Wildman–Crippen LogP) is 3.62. The molecule has 6 heteroatoms. The first-order valence-corrected chi connectivity index (χ1v) is 8.41. The highest BCUT2D eigenvalue weighted by Crippen LogP contribution is 2.28. The third kappa shape index (κ3) is 2.61. The topological polar surface area (TPSA) is 47.8 Å². The van der Waals surface area contributed by atoms with Crippen molar-refractivity contribution in [1.82, 2.24) is 14.5 Å². The largest absolute Gasteiger partial charge is 0.351 e. The Morgan fingerprint density at radius 1 is 1.38 bits per heavy atom. The van der Waals surface area contributed by atoms with Crippen LogP contribution in [0, 0.1) is 13.8 Å². The summed E-state index contributed by atoms with van der Waals surface area (Å²) < 4.78 is 2.04. The number of hydrogen-bond donors (Lipinski definition) is 0. The number of carbonyl (C=O) groups is 1. The van der Waals surface area contributed by atoms with Crippen molar-refractivity contribution in [3.8, 4) is 0 Å². The summed E-state index contributed by atoms with van der Waals surface area (Å²) in [5, 5.41) is 3.90. The van der Waals surface area contributed by atoms with Gasteiger partial charge in [-0.1, -0.05) is 11.8 Å². The normalized spacial score (nSPS) is 11.2. The first kappa shape index (κ1) is 14.3. The molecule has 108 valence electrons. The lowest BCUT2D eigenvalue weighted by molar-refractivity contribution is 0.102. The van der Waals surface area contributed by atoms with Crippen LogP contribution in [0.5, 0.6) is 0 Å². The molecule has 0 N–H and O–H groups in total. The Morgan fingerprint density at radius 2 is 2.19 bits per heavy atom. The number of ketones is 1. The van der Waals surface area contributed by atoms with Crippen LogP contribution in [0.2, 0.25) is 0 Å². The van der Waals surface area contributed by atoms with E-state index in [0.29, 0.717) is 5.75 Å². The molecule has 0 saturated heterocycles. The maximum Gasteiger partial charge on any atom is 0.174 e. The lowest BCUT2D eigenvalue weighted by atomic mass is 10.2. The van der Waals surface area contributed by atoms with E-state index in [1.54, 1.807) is 17.7 Å². The summed E-state index contributed by atoms with van der Waals surface area (Å²) in [5.41, 5.74) is 2.92. The summed E-state index contributed by atoms with van der Waals surface area (Å²) in [6.45, 7) is 3.99. The molecule has 21 heavy (non-hydrogen) atoms. The van der Waals surface area contributed by atoms with Gasteiger partial charge in [-0.25, -0.2) is 9.97 Å². The Balaban J connectivity index is 1.80. The molecule has 3 aromatic heterocycles. The number of aryl methyl sites for hydroxylation is 1. The first-order valence-electron chi connectivity index (χ1n) is 6.55. The molecule has 0 aliphatic carbocycles. The van der Waals surface area contributed by atoms with Crippen molar-refractivity contribution < 1.29 is 4.79 Å². The number of carbonyl (C=O) groups excluding carboxylic acids is 1. The van der Waals surface area contributed by atoms with Crippen LogP contribution < -0.4 is 0 Å². The summed E-state index contributed by atoms with van der Waals surface area (Å²) in [7, 11) is 1.98. The van der Waals surface area contributed by atoms with Gasteiger partial charge in [0.15, 0.2) is 5.78 Å². The van der Waals surface area contributed by atoms with Crippen LogP contribution >= 0.6 is 23.1 Å². The molecule has 0 bridgehead atoms. The van der Waals surface area contributed by atoms with E-state index in [4.69, 9.17) is 0 Å². The molecule has 4 nitrogen and oxygen atoms in total. The predicted molar refractivity (Wildman–Crippen MR) is 87.4 cm³/mol. The van der Waals surface area contributed by atoms with E-state index >= 15 is 0 Å².